The summed E-state index contributed by atoms with van der Waals surface area (Å²) in [5, 5.41) is 3.77. The van der Waals surface area contributed by atoms with E-state index in [9.17, 15) is 9.59 Å². The number of nitrogens with one attached hydrogen (secondary N) is 2. The van der Waals surface area contributed by atoms with Gasteiger partial charge in [0.05, 0.1) is 17.8 Å². The van der Waals surface area contributed by atoms with Gasteiger partial charge in [-0.25, -0.2) is 4.98 Å². The van der Waals surface area contributed by atoms with Crippen LogP contribution in [0.4, 0.5) is 5.69 Å². The van der Waals surface area contributed by atoms with Crippen molar-refractivity contribution in [1.82, 2.24) is 14.9 Å². The Morgan fingerprint density at radius 1 is 1.31 bits per heavy atom. The second-order valence-corrected chi connectivity index (χ2v) is 6.35. The normalized spacial score (nSPS) is 16.9. The monoisotopic (exact) mass is 350 g/mol. The molecule has 0 saturated carbocycles. The van der Waals surface area contributed by atoms with Crippen molar-refractivity contribution < 1.29 is 14.3 Å². The molecule has 3 heterocycles. The van der Waals surface area contributed by atoms with E-state index >= 15 is 0 Å². The molecule has 0 spiro atoms. The van der Waals surface area contributed by atoms with Crippen LogP contribution in [0.15, 0.2) is 48.8 Å². The molecule has 7 heteroatoms. The summed E-state index contributed by atoms with van der Waals surface area (Å²) in [7, 11) is 1.70. The maximum atomic E-state index is 12.2. The Morgan fingerprint density at radius 3 is 2.92 bits per heavy atom. The van der Waals surface area contributed by atoms with Crippen LogP contribution in [0.2, 0.25) is 0 Å². The molecule has 1 fully saturated rings. The van der Waals surface area contributed by atoms with E-state index in [4.69, 9.17) is 4.74 Å². The molecular formula is C19H18N4O3. The topological polar surface area (TPSA) is 87.3 Å². The van der Waals surface area contributed by atoms with Crippen molar-refractivity contribution >= 4 is 28.4 Å². The molecule has 2 N–H and O–H groups in total. The molecular weight excluding hydrogens is 332 g/mol. The number of benzene rings is 1. The van der Waals surface area contributed by atoms with Crippen molar-refractivity contribution in [3.8, 4) is 11.6 Å². The number of hydrogen-bond acceptors (Lipinski definition) is 4. The number of aromatic nitrogens is 2. The Kier molecular flexibility index (Phi) is 4.04. The Bertz CT molecular complexity index is 964. The highest BCUT2D eigenvalue weighted by molar-refractivity contribution is 5.97. The number of carbonyl (C=O) groups is 2. The first kappa shape index (κ1) is 16.1. The number of pyridine rings is 1. The third kappa shape index (κ3) is 3.11. The molecule has 1 saturated heterocycles. The van der Waals surface area contributed by atoms with Crippen LogP contribution >= 0.6 is 0 Å². The highest BCUT2D eigenvalue weighted by Gasteiger charge is 2.32. The standard InChI is InChI=1S/C19H18N4O3/c1-23-11-12(9-18(23)24)19(25)22-13-5-6-17(21-10-13)26-16-4-2-3-15-14(16)7-8-20-15/h2-8,10,12,20H,9,11H2,1H3,(H,22,25). The molecule has 1 atom stereocenters. The van der Waals surface area contributed by atoms with E-state index in [1.807, 2.05) is 30.5 Å². The highest BCUT2D eigenvalue weighted by atomic mass is 16.5. The molecule has 1 aliphatic rings. The number of nitrogens with zero attached hydrogens (tertiary/aromatic N) is 2. The molecule has 4 rings (SSSR count). The Morgan fingerprint density at radius 2 is 2.19 bits per heavy atom. The van der Waals surface area contributed by atoms with Crippen LogP contribution in [0.25, 0.3) is 10.9 Å². The summed E-state index contributed by atoms with van der Waals surface area (Å²) in [6.07, 6.45) is 3.65. The predicted molar refractivity (Wildman–Crippen MR) is 97.0 cm³/mol. The van der Waals surface area contributed by atoms with E-state index < -0.39 is 0 Å². The molecule has 0 radical (unpaired) electrons. The molecule has 1 aromatic carbocycles. The van der Waals surface area contributed by atoms with Gasteiger partial charge in [0.25, 0.3) is 0 Å². The zero-order valence-corrected chi connectivity index (χ0v) is 14.2. The van der Waals surface area contributed by atoms with E-state index in [0.29, 0.717) is 23.9 Å². The Hall–Kier alpha value is -3.35. The van der Waals surface area contributed by atoms with Crippen molar-refractivity contribution in [3.63, 3.8) is 0 Å². The molecule has 3 aromatic rings. The first-order chi connectivity index (χ1) is 12.6. The van der Waals surface area contributed by atoms with Crippen molar-refractivity contribution in [3.05, 3.63) is 48.8 Å². The first-order valence-electron chi connectivity index (χ1n) is 8.35. The molecule has 0 aliphatic carbocycles. The van der Waals surface area contributed by atoms with Gasteiger partial charge < -0.3 is 19.9 Å². The summed E-state index contributed by atoms with van der Waals surface area (Å²) in [4.78, 5) is 32.7. The average molecular weight is 350 g/mol. The van der Waals surface area contributed by atoms with Gasteiger partial charge in [-0.1, -0.05) is 6.07 Å². The van der Waals surface area contributed by atoms with Crippen molar-refractivity contribution in [1.29, 1.82) is 0 Å². The lowest BCUT2D eigenvalue weighted by Gasteiger charge is -2.11. The van der Waals surface area contributed by atoms with Gasteiger partial charge in [-0.2, -0.15) is 0 Å². The van der Waals surface area contributed by atoms with Gasteiger partial charge in [0.15, 0.2) is 0 Å². The minimum Gasteiger partial charge on any atom is -0.438 e. The van der Waals surface area contributed by atoms with Crippen LogP contribution in [-0.2, 0) is 9.59 Å². The second kappa shape index (κ2) is 6.51. The van der Waals surface area contributed by atoms with Crippen LogP contribution in [0.1, 0.15) is 6.42 Å². The predicted octanol–water partition coefficient (Wildman–Crippen LogP) is 2.77. The van der Waals surface area contributed by atoms with Gasteiger partial charge in [0.2, 0.25) is 17.7 Å². The van der Waals surface area contributed by atoms with Crippen LogP contribution < -0.4 is 10.1 Å². The van der Waals surface area contributed by atoms with Gasteiger partial charge in [0.1, 0.15) is 5.75 Å². The number of rotatable bonds is 4. The number of anilines is 1. The van der Waals surface area contributed by atoms with E-state index in [0.717, 1.165) is 10.9 Å². The molecule has 2 amide bonds. The number of H-pyrrole nitrogens is 1. The molecule has 2 aromatic heterocycles. The summed E-state index contributed by atoms with van der Waals surface area (Å²) in [5.41, 5.74) is 1.56. The zero-order chi connectivity index (χ0) is 18.1. The van der Waals surface area contributed by atoms with Crippen LogP contribution in [-0.4, -0.2) is 40.3 Å². The van der Waals surface area contributed by atoms with Crippen LogP contribution in [0.5, 0.6) is 11.6 Å². The minimum absolute atomic E-state index is 0.00837. The summed E-state index contributed by atoms with van der Waals surface area (Å²) in [6, 6.07) is 11.1. The summed E-state index contributed by atoms with van der Waals surface area (Å²) in [6.45, 7) is 0.444. The molecule has 0 bridgehead atoms. The number of ether oxygens (including phenoxy) is 1. The van der Waals surface area contributed by atoms with Gasteiger partial charge in [0, 0.05) is 43.2 Å². The third-order valence-corrected chi connectivity index (χ3v) is 4.49. The maximum absolute atomic E-state index is 12.2. The summed E-state index contributed by atoms with van der Waals surface area (Å²) < 4.78 is 5.84. The van der Waals surface area contributed by atoms with E-state index in [-0.39, 0.29) is 24.2 Å². The fourth-order valence-electron chi connectivity index (χ4n) is 3.06. The lowest BCUT2D eigenvalue weighted by atomic mass is 10.1. The first-order valence-corrected chi connectivity index (χ1v) is 8.35. The van der Waals surface area contributed by atoms with Gasteiger partial charge in [-0.15, -0.1) is 0 Å². The highest BCUT2D eigenvalue weighted by Crippen LogP contribution is 2.28. The zero-order valence-electron chi connectivity index (χ0n) is 14.2. The quantitative estimate of drug-likeness (QED) is 0.757. The van der Waals surface area contributed by atoms with Gasteiger partial charge >= 0.3 is 0 Å². The fourth-order valence-corrected chi connectivity index (χ4v) is 3.06. The van der Waals surface area contributed by atoms with E-state index in [1.165, 1.54) is 0 Å². The number of aromatic amines is 1. The number of fused-ring (bicyclic) bond motifs is 1. The summed E-state index contributed by atoms with van der Waals surface area (Å²) >= 11 is 0. The Balaban J connectivity index is 1.43. The van der Waals surface area contributed by atoms with E-state index in [2.05, 4.69) is 15.3 Å². The van der Waals surface area contributed by atoms with E-state index in [1.54, 1.807) is 30.3 Å². The van der Waals surface area contributed by atoms with Crippen LogP contribution in [0.3, 0.4) is 0 Å². The molecule has 132 valence electrons. The number of carbonyl (C=O) groups excluding carboxylic acids is 2. The number of hydrogen-bond donors (Lipinski definition) is 2. The molecule has 1 unspecified atom stereocenters. The summed E-state index contributed by atoms with van der Waals surface area (Å²) in [5.74, 6) is 0.642. The van der Waals surface area contributed by atoms with Crippen molar-refractivity contribution in [2.45, 2.75) is 6.42 Å². The lowest BCUT2D eigenvalue weighted by molar-refractivity contribution is -0.127. The van der Waals surface area contributed by atoms with Gasteiger partial charge in [-0.05, 0) is 24.3 Å². The Labute approximate surface area is 150 Å². The van der Waals surface area contributed by atoms with Crippen molar-refractivity contribution in [2.24, 2.45) is 5.92 Å². The SMILES string of the molecule is CN1CC(C(=O)Nc2ccc(Oc3cccc4[nH]ccc34)nc2)CC1=O. The molecule has 7 nitrogen and oxygen atoms in total. The number of amides is 2. The van der Waals surface area contributed by atoms with Crippen molar-refractivity contribution in [2.75, 3.05) is 18.9 Å². The fraction of sp³-hybridized carbons (Fsp3) is 0.211. The lowest BCUT2D eigenvalue weighted by Crippen LogP contribution is -2.25. The second-order valence-electron chi connectivity index (χ2n) is 6.35. The largest absolute Gasteiger partial charge is 0.438 e. The average Bonchev–Trinajstić information content (AvgIpc) is 3.24. The van der Waals surface area contributed by atoms with Crippen LogP contribution in [0, 0.1) is 5.92 Å². The molecule has 1 aliphatic heterocycles. The minimum atomic E-state index is -0.324. The maximum Gasteiger partial charge on any atom is 0.229 e. The number of likely N-dealkylation sites (tertiary alicyclic amines) is 1. The third-order valence-electron chi connectivity index (χ3n) is 4.49. The van der Waals surface area contributed by atoms with Gasteiger partial charge in [-0.3, -0.25) is 9.59 Å². The molecule has 26 heavy (non-hydrogen) atoms. The smallest absolute Gasteiger partial charge is 0.229 e.